The third kappa shape index (κ3) is 10.7. The summed E-state index contributed by atoms with van der Waals surface area (Å²) in [4.78, 5) is 55.3. The summed E-state index contributed by atoms with van der Waals surface area (Å²) < 4.78 is 41.4. The Bertz CT molecular complexity index is 1540. The van der Waals surface area contributed by atoms with Gasteiger partial charge in [-0.15, -0.1) is 0 Å². The van der Waals surface area contributed by atoms with Crippen LogP contribution in [0.3, 0.4) is 0 Å². The van der Waals surface area contributed by atoms with E-state index in [1.165, 1.54) is 0 Å². The average Bonchev–Trinajstić information content (AvgIpc) is 3.78. The van der Waals surface area contributed by atoms with Crippen LogP contribution in [0.5, 0.6) is 0 Å². The van der Waals surface area contributed by atoms with Crippen molar-refractivity contribution in [2.75, 3.05) is 45.5 Å². The molecule has 2 aromatic rings. The number of carbonyl (C=O) groups excluding carboxylic acids is 4. The summed E-state index contributed by atoms with van der Waals surface area (Å²) in [6, 6.07) is 5.48. The molecule has 3 atom stereocenters. The van der Waals surface area contributed by atoms with Crippen molar-refractivity contribution in [3.63, 3.8) is 0 Å². The molecule has 1 aliphatic heterocycles. The molecule has 0 bridgehead atoms. The highest BCUT2D eigenvalue weighted by Crippen LogP contribution is 2.42. The summed E-state index contributed by atoms with van der Waals surface area (Å²) in [7, 11) is 1.74. The number of anilines is 1. The molecular weight excluding hydrogens is 685 g/mol. The van der Waals surface area contributed by atoms with E-state index < -0.39 is 36.4 Å². The molecule has 5 rings (SSSR count). The van der Waals surface area contributed by atoms with E-state index >= 15 is 0 Å². The fourth-order valence-corrected chi connectivity index (χ4v) is 8.37. The number of methoxy groups -OCH3 is 1. The van der Waals surface area contributed by atoms with Crippen LogP contribution in [0.15, 0.2) is 28.7 Å². The van der Waals surface area contributed by atoms with Crippen molar-refractivity contribution >= 4 is 40.5 Å². The Kier molecular flexibility index (Phi) is 14.2. The molecule has 13 heteroatoms. The Morgan fingerprint density at radius 3 is 2.38 bits per heavy atom. The van der Waals surface area contributed by atoms with Crippen LogP contribution in [0.1, 0.15) is 102 Å². The molecule has 3 amide bonds. The summed E-state index contributed by atoms with van der Waals surface area (Å²) in [5, 5.41) is 6.42. The second-order valence-electron chi connectivity index (χ2n) is 15.8. The Morgan fingerprint density at radius 2 is 1.72 bits per heavy atom. The predicted octanol–water partition coefficient (Wildman–Crippen LogP) is 7.05. The van der Waals surface area contributed by atoms with Gasteiger partial charge in [0, 0.05) is 50.3 Å². The number of amides is 3. The summed E-state index contributed by atoms with van der Waals surface area (Å²) in [6.45, 7) is 8.29. The smallest absolute Gasteiger partial charge is 0.407 e. The SMILES string of the molecule is CCOCCCOC(=O)c1cc2cc(NC(=O)[C@@H]3[C@H](C4CCC(OC)CC4)CCN3C(=O)[C@H]3CC[C@H]([C@@H](CF)NC(=O)OC(C)(C)C)CC3)ccc2o1. The number of nitrogens with one attached hydrogen (secondary N) is 2. The summed E-state index contributed by atoms with van der Waals surface area (Å²) in [6.07, 6.45) is 6.88. The number of furan rings is 1. The van der Waals surface area contributed by atoms with Gasteiger partial charge in [0.15, 0.2) is 0 Å². The minimum atomic E-state index is -0.713. The highest BCUT2D eigenvalue weighted by atomic mass is 19.1. The van der Waals surface area contributed by atoms with E-state index in [2.05, 4.69) is 10.6 Å². The van der Waals surface area contributed by atoms with Gasteiger partial charge in [0.2, 0.25) is 17.6 Å². The molecule has 294 valence electrons. The lowest BCUT2D eigenvalue weighted by atomic mass is 9.75. The van der Waals surface area contributed by atoms with Crippen LogP contribution >= 0.6 is 0 Å². The number of fused-ring (bicyclic) bond motifs is 1. The zero-order valence-electron chi connectivity index (χ0n) is 32.0. The number of ether oxygens (including phenoxy) is 4. The molecule has 1 aromatic carbocycles. The summed E-state index contributed by atoms with van der Waals surface area (Å²) in [5.41, 5.74) is 0.335. The predicted molar refractivity (Wildman–Crippen MR) is 197 cm³/mol. The summed E-state index contributed by atoms with van der Waals surface area (Å²) >= 11 is 0. The molecule has 2 heterocycles. The van der Waals surface area contributed by atoms with Gasteiger partial charge in [0.05, 0.1) is 18.8 Å². The van der Waals surface area contributed by atoms with Crippen LogP contribution in [0.25, 0.3) is 11.0 Å². The Hall–Kier alpha value is -3.71. The largest absolute Gasteiger partial charge is 0.460 e. The van der Waals surface area contributed by atoms with E-state index in [9.17, 15) is 23.6 Å². The number of carbonyl (C=O) groups is 4. The minimum Gasteiger partial charge on any atom is -0.460 e. The second-order valence-corrected chi connectivity index (χ2v) is 15.8. The second kappa shape index (κ2) is 18.6. The molecule has 2 N–H and O–H groups in total. The van der Waals surface area contributed by atoms with Crippen molar-refractivity contribution < 1.29 is 46.9 Å². The Balaban J connectivity index is 1.26. The van der Waals surface area contributed by atoms with Gasteiger partial charge in [-0.25, -0.2) is 14.0 Å². The van der Waals surface area contributed by atoms with Crippen LogP contribution in [0.2, 0.25) is 0 Å². The fraction of sp³-hybridized carbons (Fsp3) is 0.700. The molecule has 2 aliphatic carbocycles. The van der Waals surface area contributed by atoms with Crippen LogP contribution in [-0.2, 0) is 28.5 Å². The number of rotatable bonds is 14. The zero-order valence-corrected chi connectivity index (χ0v) is 32.0. The van der Waals surface area contributed by atoms with Crippen LogP contribution in [0, 0.1) is 23.7 Å². The first-order chi connectivity index (χ1) is 25.4. The number of hydrogen-bond donors (Lipinski definition) is 2. The van der Waals surface area contributed by atoms with Gasteiger partial charge in [-0.05, 0) is 128 Å². The minimum absolute atomic E-state index is 0.00352. The summed E-state index contributed by atoms with van der Waals surface area (Å²) in [5.74, 6) is -0.875. The van der Waals surface area contributed by atoms with Crippen LogP contribution < -0.4 is 10.6 Å². The fourth-order valence-electron chi connectivity index (χ4n) is 8.37. The number of halogens is 1. The molecule has 0 spiro atoms. The van der Waals surface area contributed by atoms with Crippen molar-refractivity contribution in [2.24, 2.45) is 23.7 Å². The molecule has 0 unspecified atom stereocenters. The molecule has 12 nitrogen and oxygen atoms in total. The third-order valence-electron chi connectivity index (χ3n) is 11.1. The van der Waals surface area contributed by atoms with E-state index in [0.29, 0.717) is 68.5 Å². The first-order valence-electron chi connectivity index (χ1n) is 19.4. The average molecular weight is 744 g/mol. The van der Waals surface area contributed by atoms with Gasteiger partial charge >= 0.3 is 12.1 Å². The number of hydrogen-bond acceptors (Lipinski definition) is 9. The number of likely N-dealkylation sites (tertiary alicyclic amines) is 1. The van der Waals surface area contributed by atoms with Gasteiger partial charge in [-0.2, -0.15) is 0 Å². The van der Waals surface area contributed by atoms with Crippen molar-refractivity contribution in [2.45, 2.75) is 116 Å². The van der Waals surface area contributed by atoms with Crippen molar-refractivity contribution in [1.82, 2.24) is 10.2 Å². The zero-order chi connectivity index (χ0) is 38.1. The van der Waals surface area contributed by atoms with Crippen LogP contribution in [0.4, 0.5) is 14.9 Å². The van der Waals surface area contributed by atoms with Gasteiger partial charge in [0.1, 0.15) is 23.9 Å². The molecular formula is C40H58FN3O9. The van der Waals surface area contributed by atoms with Crippen LogP contribution in [-0.4, -0.2) is 92.7 Å². The lowest BCUT2D eigenvalue weighted by Crippen LogP contribution is -2.50. The van der Waals surface area contributed by atoms with E-state index in [1.54, 1.807) is 57.0 Å². The topological polar surface area (TPSA) is 146 Å². The normalized spacial score (nSPS) is 25.5. The van der Waals surface area contributed by atoms with Crippen molar-refractivity contribution in [3.05, 3.63) is 30.0 Å². The first kappa shape index (κ1) is 40.5. The van der Waals surface area contributed by atoms with Gasteiger partial charge in [-0.1, -0.05) is 0 Å². The number of esters is 1. The highest BCUT2D eigenvalue weighted by molar-refractivity contribution is 6.00. The number of nitrogens with zero attached hydrogens (tertiary/aromatic N) is 1. The molecule has 1 aromatic heterocycles. The molecule has 2 saturated carbocycles. The van der Waals surface area contributed by atoms with E-state index in [0.717, 1.165) is 32.1 Å². The highest BCUT2D eigenvalue weighted by Gasteiger charge is 2.47. The lowest BCUT2D eigenvalue weighted by molar-refractivity contribution is -0.142. The Labute approximate surface area is 312 Å². The van der Waals surface area contributed by atoms with Gasteiger partial charge in [-0.3, -0.25) is 9.59 Å². The molecule has 53 heavy (non-hydrogen) atoms. The monoisotopic (exact) mass is 743 g/mol. The number of alkyl halides is 1. The number of benzene rings is 1. The Morgan fingerprint density at radius 1 is 0.981 bits per heavy atom. The molecule has 1 saturated heterocycles. The molecule has 0 radical (unpaired) electrons. The number of alkyl carbamates (subject to hydrolysis) is 1. The first-order valence-corrected chi connectivity index (χ1v) is 19.4. The standard InChI is InChI=1S/C40H58FN3O9/c1-6-50-20-7-21-51-38(47)34-23-28-22-29(14-17-33(28)52-34)42-36(45)35-31(25-12-15-30(49-5)16-13-25)18-19-44(35)37(46)27-10-8-26(9-11-27)32(24-41)43-39(48)53-40(2,3)4/h14,17,22-23,25-27,30-32,35H,6-13,15-16,18-21,24H2,1-5H3,(H,42,45)(H,43,48)/t25?,26-,27-,30?,31-,32+,35-/m0/s1. The molecule has 3 aliphatic rings. The maximum atomic E-state index is 14.3. The maximum absolute atomic E-state index is 14.3. The molecule has 3 fully saturated rings. The van der Waals surface area contributed by atoms with E-state index in [1.807, 2.05) is 6.92 Å². The van der Waals surface area contributed by atoms with Crippen molar-refractivity contribution in [3.8, 4) is 0 Å². The van der Waals surface area contributed by atoms with E-state index in [4.69, 9.17) is 23.4 Å². The van der Waals surface area contributed by atoms with Gasteiger partial charge < -0.3 is 38.9 Å². The lowest BCUT2D eigenvalue weighted by Gasteiger charge is -2.38. The van der Waals surface area contributed by atoms with Gasteiger partial charge in [0.25, 0.3) is 0 Å². The quantitative estimate of drug-likeness (QED) is 0.154. The van der Waals surface area contributed by atoms with E-state index in [-0.39, 0.29) is 54.0 Å². The van der Waals surface area contributed by atoms with Crippen molar-refractivity contribution in [1.29, 1.82) is 0 Å². The third-order valence-corrected chi connectivity index (χ3v) is 11.1. The maximum Gasteiger partial charge on any atom is 0.407 e.